The van der Waals surface area contributed by atoms with Gasteiger partial charge < -0.3 is 19.4 Å². The van der Waals surface area contributed by atoms with E-state index >= 15 is 0 Å². The highest BCUT2D eigenvalue weighted by Crippen LogP contribution is 2.16. The Kier molecular flexibility index (Phi) is 5.41. The third-order valence-corrected chi connectivity index (χ3v) is 5.42. The zero-order valence-electron chi connectivity index (χ0n) is 16.2. The molecule has 27 heavy (non-hydrogen) atoms. The van der Waals surface area contributed by atoms with E-state index in [9.17, 15) is 0 Å². The lowest BCUT2D eigenvalue weighted by Crippen LogP contribution is -2.35. The minimum Gasteiger partial charge on any atom is -0.487 e. The summed E-state index contributed by atoms with van der Waals surface area (Å²) >= 11 is 0. The molecule has 1 aromatic carbocycles. The van der Waals surface area contributed by atoms with E-state index in [1.807, 2.05) is 35.0 Å². The summed E-state index contributed by atoms with van der Waals surface area (Å²) in [5, 5.41) is 3.58. The number of ether oxygens (including phenoxy) is 1. The van der Waals surface area contributed by atoms with Crippen molar-refractivity contribution >= 4 is 5.65 Å². The lowest BCUT2D eigenvalue weighted by molar-refractivity contribution is 0.299. The SMILES string of the molecule is Cc1cccn2cc(COc3ccc(CNCC4CCCN4C)cc3)nc12. The number of hydrogen-bond acceptors (Lipinski definition) is 4. The molecule has 1 aliphatic rings. The number of pyridine rings is 1. The van der Waals surface area contributed by atoms with Crippen LogP contribution >= 0.6 is 0 Å². The van der Waals surface area contributed by atoms with Gasteiger partial charge in [-0.2, -0.15) is 0 Å². The van der Waals surface area contributed by atoms with Crippen LogP contribution in [-0.4, -0.2) is 40.5 Å². The van der Waals surface area contributed by atoms with E-state index < -0.39 is 0 Å². The Balaban J connectivity index is 1.27. The Morgan fingerprint density at radius 1 is 1.22 bits per heavy atom. The van der Waals surface area contributed by atoms with Crippen LogP contribution in [0.5, 0.6) is 5.75 Å². The van der Waals surface area contributed by atoms with Crippen molar-refractivity contribution in [3.05, 3.63) is 65.6 Å². The van der Waals surface area contributed by atoms with Crippen molar-refractivity contribution in [1.82, 2.24) is 19.6 Å². The molecule has 1 N–H and O–H groups in total. The third-order valence-electron chi connectivity index (χ3n) is 5.42. The van der Waals surface area contributed by atoms with Crippen LogP contribution < -0.4 is 10.1 Å². The molecule has 1 saturated heterocycles. The third kappa shape index (κ3) is 4.31. The summed E-state index contributed by atoms with van der Waals surface area (Å²) in [6, 6.07) is 13.1. The van der Waals surface area contributed by atoms with Gasteiger partial charge in [-0.3, -0.25) is 0 Å². The Hall–Kier alpha value is -2.37. The van der Waals surface area contributed by atoms with Gasteiger partial charge in [-0.1, -0.05) is 18.2 Å². The summed E-state index contributed by atoms with van der Waals surface area (Å²) in [7, 11) is 2.22. The van der Waals surface area contributed by atoms with Gasteiger partial charge >= 0.3 is 0 Å². The molecule has 1 unspecified atom stereocenters. The zero-order valence-corrected chi connectivity index (χ0v) is 16.2. The predicted molar refractivity (Wildman–Crippen MR) is 108 cm³/mol. The number of imidazole rings is 1. The Morgan fingerprint density at radius 3 is 2.81 bits per heavy atom. The summed E-state index contributed by atoms with van der Waals surface area (Å²) in [5.41, 5.74) is 4.39. The topological polar surface area (TPSA) is 41.8 Å². The van der Waals surface area contributed by atoms with E-state index in [4.69, 9.17) is 4.74 Å². The molecule has 0 radical (unpaired) electrons. The largest absolute Gasteiger partial charge is 0.487 e. The fraction of sp³-hybridized carbons (Fsp3) is 0.409. The van der Waals surface area contributed by atoms with Gasteiger partial charge in [-0.25, -0.2) is 4.98 Å². The van der Waals surface area contributed by atoms with Crippen molar-refractivity contribution < 1.29 is 4.74 Å². The van der Waals surface area contributed by atoms with Gasteiger partial charge in [0.1, 0.15) is 18.0 Å². The number of likely N-dealkylation sites (N-methyl/N-ethyl adjacent to an activating group) is 1. The monoisotopic (exact) mass is 364 g/mol. The van der Waals surface area contributed by atoms with Crippen LogP contribution in [0.1, 0.15) is 29.7 Å². The van der Waals surface area contributed by atoms with Crippen molar-refractivity contribution in [2.75, 3.05) is 20.1 Å². The Morgan fingerprint density at radius 2 is 2.07 bits per heavy atom. The van der Waals surface area contributed by atoms with E-state index in [1.165, 1.54) is 30.5 Å². The van der Waals surface area contributed by atoms with Gasteiger partial charge in [0.25, 0.3) is 0 Å². The molecule has 5 nitrogen and oxygen atoms in total. The summed E-state index contributed by atoms with van der Waals surface area (Å²) in [6.07, 6.45) is 6.67. The first-order valence-electron chi connectivity index (χ1n) is 9.75. The van der Waals surface area contributed by atoms with Crippen LogP contribution in [0.25, 0.3) is 5.65 Å². The first-order valence-corrected chi connectivity index (χ1v) is 9.75. The number of aromatic nitrogens is 2. The highest BCUT2D eigenvalue weighted by atomic mass is 16.5. The number of fused-ring (bicyclic) bond motifs is 1. The number of hydrogen-bond donors (Lipinski definition) is 1. The van der Waals surface area contributed by atoms with Crippen LogP contribution in [-0.2, 0) is 13.2 Å². The molecular weight excluding hydrogens is 336 g/mol. The quantitative estimate of drug-likeness (QED) is 0.698. The maximum Gasteiger partial charge on any atom is 0.140 e. The average molecular weight is 364 g/mol. The van der Waals surface area contributed by atoms with E-state index in [0.717, 1.165) is 30.2 Å². The molecular formula is C22H28N4O. The Labute approximate surface area is 161 Å². The molecule has 1 atom stereocenters. The predicted octanol–water partition coefficient (Wildman–Crippen LogP) is 3.41. The smallest absolute Gasteiger partial charge is 0.140 e. The number of nitrogens with one attached hydrogen (secondary N) is 1. The number of likely N-dealkylation sites (tertiary alicyclic amines) is 1. The maximum atomic E-state index is 5.91. The summed E-state index contributed by atoms with van der Waals surface area (Å²) < 4.78 is 7.96. The van der Waals surface area contributed by atoms with Crippen molar-refractivity contribution in [3.8, 4) is 5.75 Å². The second-order valence-electron chi connectivity index (χ2n) is 7.49. The lowest BCUT2D eigenvalue weighted by atomic mass is 10.2. The summed E-state index contributed by atoms with van der Waals surface area (Å²) in [4.78, 5) is 7.10. The molecule has 0 spiro atoms. The summed E-state index contributed by atoms with van der Waals surface area (Å²) in [5.74, 6) is 0.878. The Bertz CT molecular complexity index is 887. The number of rotatable bonds is 7. The minimum absolute atomic E-state index is 0.479. The first-order chi connectivity index (χ1) is 13.2. The molecule has 5 heteroatoms. The molecule has 0 amide bonds. The average Bonchev–Trinajstić information content (AvgIpc) is 3.28. The van der Waals surface area contributed by atoms with Gasteiger partial charge in [0.15, 0.2) is 0 Å². The maximum absolute atomic E-state index is 5.91. The van der Waals surface area contributed by atoms with Crippen molar-refractivity contribution in [3.63, 3.8) is 0 Å². The summed E-state index contributed by atoms with van der Waals surface area (Å²) in [6.45, 7) is 5.74. The fourth-order valence-electron chi connectivity index (χ4n) is 3.76. The number of benzene rings is 1. The standard InChI is InChI=1S/C22H28N4O/c1-17-5-3-12-26-15-19(24-22(17)26)16-27-21-9-7-18(8-10-21)13-23-14-20-6-4-11-25(20)2/h3,5,7-10,12,15,20,23H,4,6,11,13-14,16H2,1-2H3. The van der Waals surface area contributed by atoms with Crippen LogP contribution in [0, 0.1) is 6.92 Å². The van der Waals surface area contributed by atoms with Crippen LogP contribution in [0.2, 0.25) is 0 Å². The van der Waals surface area contributed by atoms with E-state index in [-0.39, 0.29) is 0 Å². The normalized spacial score (nSPS) is 17.6. The molecule has 4 rings (SSSR count). The lowest BCUT2D eigenvalue weighted by Gasteiger charge is -2.19. The van der Waals surface area contributed by atoms with Gasteiger partial charge in [-0.15, -0.1) is 0 Å². The van der Waals surface area contributed by atoms with Gasteiger partial charge in [0.2, 0.25) is 0 Å². The van der Waals surface area contributed by atoms with Crippen molar-refractivity contribution in [2.24, 2.45) is 0 Å². The highest BCUT2D eigenvalue weighted by Gasteiger charge is 2.19. The molecule has 0 bridgehead atoms. The molecule has 142 valence electrons. The molecule has 2 aromatic heterocycles. The second-order valence-corrected chi connectivity index (χ2v) is 7.49. The van der Waals surface area contributed by atoms with E-state index in [1.54, 1.807) is 0 Å². The molecule has 1 aliphatic heterocycles. The van der Waals surface area contributed by atoms with Crippen molar-refractivity contribution in [1.29, 1.82) is 0 Å². The van der Waals surface area contributed by atoms with Crippen LogP contribution in [0.15, 0.2) is 48.8 Å². The fourth-order valence-corrected chi connectivity index (χ4v) is 3.76. The van der Waals surface area contributed by atoms with E-state index in [0.29, 0.717) is 12.6 Å². The zero-order chi connectivity index (χ0) is 18.6. The van der Waals surface area contributed by atoms with Gasteiger partial charge in [-0.05, 0) is 62.7 Å². The second kappa shape index (κ2) is 8.11. The highest BCUT2D eigenvalue weighted by molar-refractivity contribution is 5.47. The molecule has 3 aromatic rings. The van der Waals surface area contributed by atoms with Crippen LogP contribution in [0.3, 0.4) is 0 Å². The number of nitrogens with zero attached hydrogens (tertiary/aromatic N) is 3. The van der Waals surface area contributed by atoms with Crippen LogP contribution in [0.4, 0.5) is 0 Å². The molecule has 3 heterocycles. The molecule has 1 fully saturated rings. The number of aryl methyl sites for hydroxylation is 1. The molecule has 0 saturated carbocycles. The minimum atomic E-state index is 0.479. The van der Waals surface area contributed by atoms with Crippen molar-refractivity contribution in [2.45, 2.75) is 39.0 Å². The van der Waals surface area contributed by atoms with Gasteiger partial charge in [0, 0.05) is 31.5 Å². The van der Waals surface area contributed by atoms with Gasteiger partial charge in [0.05, 0.1) is 5.69 Å². The molecule has 0 aliphatic carbocycles. The first kappa shape index (κ1) is 18.0. The van der Waals surface area contributed by atoms with E-state index in [2.05, 4.69) is 47.4 Å².